The number of rotatable bonds is 3. The number of nitrogens with zero attached hydrogens (tertiary/aromatic N) is 1. The molecule has 0 unspecified atom stereocenters. The van der Waals surface area contributed by atoms with E-state index in [0.717, 1.165) is 25.8 Å². The van der Waals surface area contributed by atoms with Gasteiger partial charge in [-0.15, -0.1) is 6.58 Å². The third-order valence-electron chi connectivity index (χ3n) is 3.83. The van der Waals surface area contributed by atoms with Crippen LogP contribution in [0.3, 0.4) is 0 Å². The van der Waals surface area contributed by atoms with Crippen LogP contribution in [0.2, 0.25) is 0 Å². The van der Waals surface area contributed by atoms with Crippen molar-refractivity contribution in [1.82, 2.24) is 4.57 Å². The monoisotopic (exact) mass is 239 g/mol. The first-order chi connectivity index (χ1) is 8.81. The van der Waals surface area contributed by atoms with Crippen molar-refractivity contribution in [3.63, 3.8) is 0 Å². The van der Waals surface area contributed by atoms with Crippen LogP contribution in [0.5, 0.6) is 0 Å². The lowest BCUT2D eigenvalue weighted by atomic mass is 9.96. The summed E-state index contributed by atoms with van der Waals surface area (Å²) in [5.41, 5.74) is 2.40. The Bertz CT molecular complexity index is 609. The maximum absolute atomic E-state index is 12.0. The molecule has 0 aliphatic heterocycles. The quantitative estimate of drug-likeness (QED) is 0.749. The number of fused-ring (bicyclic) bond motifs is 1. The number of benzene rings is 1. The molecule has 1 aliphatic carbocycles. The molecule has 2 aromatic rings. The minimum absolute atomic E-state index is 0.112. The smallest absolute Gasteiger partial charge is 0.140 e. The highest BCUT2D eigenvalue weighted by atomic mass is 16.1. The minimum Gasteiger partial charge on any atom is -0.343 e. The third-order valence-corrected chi connectivity index (χ3v) is 3.83. The third kappa shape index (κ3) is 1.69. The maximum atomic E-state index is 12.0. The zero-order valence-corrected chi connectivity index (χ0v) is 10.4. The second-order valence-corrected chi connectivity index (χ2v) is 4.95. The Morgan fingerprint density at radius 2 is 2.22 bits per heavy atom. The summed E-state index contributed by atoms with van der Waals surface area (Å²) < 4.78 is 2.18. The lowest BCUT2D eigenvalue weighted by molar-refractivity contribution is -0.118. The van der Waals surface area contributed by atoms with Gasteiger partial charge in [0.05, 0.1) is 0 Å². The summed E-state index contributed by atoms with van der Waals surface area (Å²) in [5, 5.41) is 1.22. The average Bonchev–Trinajstić information content (AvgIpc) is 2.95. The molecule has 1 saturated carbocycles. The van der Waals surface area contributed by atoms with Gasteiger partial charge in [-0.1, -0.05) is 24.3 Å². The summed E-state index contributed by atoms with van der Waals surface area (Å²) in [7, 11) is 0. The number of hydrogen-bond acceptors (Lipinski definition) is 1. The molecule has 1 aliphatic rings. The van der Waals surface area contributed by atoms with Crippen LogP contribution >= 0.6 is 0 Å². The van der Waals surface area contributed by atoms with E-state index < -0.39 is 0 Å². The van der Waals surface area contributed by atoms with E-state index in [2.05, 4.69) is 29.5 Å². The number of Topliss-reactive ketones (excluding diaryl/α,β-unsaturated/α-hetero) is 1. The van der Waals surface area contributed by atoms with Crippen LogP contribution in [0, 0.1) is 0 Å². The van der Waals surface area contributed by atoms with E-state index >= 15 is 0 Å². The number of carbonyl (C=O) groups excluding carboxylic acids is 1. The number of carbonyl (C=O) groups is 1. The second-order valence-electron chi connectivity index (χ2n) is 4.95. The van der Waals surface area contributed by atoms with Crippen molar-refractivity contribution in [3.8, 4) is 0 Å². The molecule has 0 spiro atoms. The highest BCUT2D eigenvalue weighted by Gasteiger charge is 2.28. The van der Waals surface area contributed by atoms with Gasteiger partial charge in [0.2, 0.25) is 0 Å². The van der Waals surface area contributed by atoms with Gasteiger partial charge >= 0.3 is 0 Å². The Morgan fingerprint density at radius 3 is 2.94 bits per heavy atom. The van der Waals surface area contributed by atoms with Crippen molar-refractivity contribution in [2.75, 3.05) is 0 Å². The Kier molecular flexibility index (Phi) is 2.78. The molecule has 0 amide bonds. The number of para-hydroxylation sites is 1. The zero-order valence-electron chi connectivity index (χ0n) is 10.4. The molecule has 2 nitrogen and oxygen atoms in total. The lowest BCUT2D eigenvalue weighted by Crippen LogP contribution is -2.03. The second kappa shape index (κ2) is 4.45. The molecule has 1 aromatic carbocycles. The van der Waals surface area contributed by atoms with E-state index in [1.54, 1.807) is 0 Å². The van der Waals surface area contributed by atoms with Gasteiger partial charge in [0.25, 0.3) is 0 Å². The Hall–Kier alpha value is -1.83. The van der Waals surface area contributed by atoms with E-state index in [9.17, 15) is 4.79 Å². The normalized spacial score (nSPS) is 19.6. The molecule has 1 fully saturated rings. The summed E-state index contributed by atoms with van der Waals surface area (Å²) in [6.45, 7) is 4.59. The minimum atomic E-state index is 0.112. The SMILES string of the molecule is C=CCn1cc([C@@H]2CCCC2=O)c2ccccc21. The van der Waals surface area contributed by atoms with Crippen LogP contribution in [0.4, 0.5) is 0 Å². The van der Waals surface area contributed by atoms with Gasteiger partial charge in [-0.25, -0.2) is 0 Å². The molecular weight excluding hydrogens is 222 g/mol. The molecule has 2 heteroatoms. The van der Waals surface area contributed by atoms with Crippen LogP contribution in [-0.2, 0) is 11.3 Å². The zero-order chi connectivity index (χ0) is 12.5. The van der Waals surface area contributed by atoms with Crippen LogP contribution in [0.15, 0.2) is 43.1 Å². The van der Waals surface area contributed by atoms with Crippen molar-refractivity contribution in [1.29, 1.82) is 0 Å². The van der Waals surface area contributed by atoms with Crippen LogP contribution in [-0.4, -0.2) is 10.4 Å². The summed E-state index contributed by atoms with van der Waals surface area (Å²) >= 11 is 0. The van der Waals surface area contributed by atoms with E-state index in [4.69, 9.17) is 0 Å². The van der Waals surface area contributed by atoms with Crippen molar-refractivity contribution in [3.05, 3.63) is 48.7 Å². The molecule has 3 rings (SSSR count). The number of ketones is 1. The van der Waals surface area contributed by atoms with Gasteiger partial charge < -0.3 is 4.57 Å². The van der Waals surface area contributed by atoms with Crippen LogP contribution in [0.1, 0.15) is 30.7 Å². The Morgan fingerprint density at radius 1 is 1.39 bits per heavy atom. The standard InChI is InChI=1S/C16H17NO/c1-2-10-17-11-14(13-7-5-9-16(13)18)12-6-3-4-8-15(12)17/h2-4,6,8,11,13H,1,5,7,9-10H2/t13-/m0/s1. The van der Waals surface area contributed by atoms with Gasteiger partial charge in [0.1, 0.15) is 5.78 Å². The molecule has 0 N–H and O–H groups in total. The van der Waals surface area contributed by atoms with Crippen LogP contribution in [0.25, 0.3) is 10.9 Å². The molecule has 1 atom stereocenters. The van der Waals surface area contributed by atoms with Gasteiger partial charge in [0.15, 0.2) is 0 Å². The first kappa shape index (κ1) is 11.3. The summed E-state index contributed by atoms with van der Waals surface area (Å²) in [6, 6.07) is 8.32. The number of hydrogen-bond donors (Lipinski definition) is 0. The van der Waals surface area contributed by atoms with E-state index in [1.807, 2.05) is 18.2 Å². The van der Waals surface area contributed by atoms with E-state index in [1.165, 1.54) is 16.5 Å². The molecule has 0 bridgehead atoms. The number of aromatic nitrogens is 1. The first-order valence-corrected chi connectivity index (χ1v) is 6.52. The van der Waals surface area contributed by atoms with Crippen molar-refractivity contribution < 1.29 is 4.79 Å². The van der Waals surface area contributed by atoms with Crippen LogP contribution < -0.4 is 0 Å². The molecule has 0 radical (unpaired) electrons. The largest absolute Gasteiger partial charge is 0.343 e. The fourth-order valence-electron chi connectivity index (χ4n) is 2.99. The summed E-state index contributed by atoms with van der Waals surface area (Å²) in [4.78, 5) is 12.0. The first-order valence-electron chi connectivity index (χ1n) is 6.52. The predicted octanol–water partition coefficient (Wildman–Crippen LogP) is 3.66. The number of allylic oxidation sites excluding steroid dienone is 1. The van der Waals surface area contributed by atoms with Crippen molar-refractivity contribution >= 4 is 16.7 Å². The molecule has 92 valence electrons. The van der Waals surface area contributed by atoms with E-state index in [-0.39, 0.29) is 5.92 Å². The predicted molar refractivity (Wildman–Crippen MR) is 73.7 cm³/mol. The van der Waals surface area contributed by atoms with Gasteiger partial charge in [-0.05, 0) is 24.5 Å². The molecule has 18 heavy (non-hydrogen) atoms. The fourth-order valence-corrected chi connectivity index (χ4v) is 2.99. The average molecular weight is 239 g/mol. The van der Waals surface area contributed by atoms with Gasteiger partial charge in [-0.2, -0.15) is 0 Å². The maximum Gasteiger partial charge on any atom is 0.140 e. The Balaban J connectivity index is 2.16. The molecule has 0 saturated heterocycles. The van der Waals surface area contributed by atoms with Crippen molar-refractivity contribution in [2.24, 2.45) is 0 Å². The highest BCUT2D eigenvalue weighted by Crippen LogP contribution is 2.36. The molecular formula is C16H17NO. The fraction of sp³-hybridized carbons (Fsp3) is 0.312. The van der Waals surface area contributed by atoms with E-state index in [0.29, 0.717) is 5.78 Å². The molecule has 1 aromatic heterocycles. The topological polar surface area (TPSA) is 22.0 Å². The summed E-state index contributed by atoms with van der Waals surface area (Å²) in [5.74, 6) is 0.512. The van der Waals surface area contributed by atoms with Gasteiger partial charge in [0, 0.05) is 36.0 Å². The van der Waals surface area contributed by atoms with Crippen molar-refractivity contribution in [2.45, 2.75) is 31.7 Å². The Labute approximate surface area is 107 Å². The molecule has 1 heterocycles. The van der Waals surface area contributed by atoms with Gasteiger partial charge in [-0.3, -0.25) is 4.79 Å². The summed E-state index contributed by atoms with van der Waals surface area (Å²) in [6.07, 6.45) is 6.81. The lowest BCUT2D eigenvalue weighted by Gasteiger charge is -2.05. The highest BCUT2D eigenvalue weighted by molar-refractivity contribution is 5.94.